The molecule has 1 heterocycles. The van der Waals surface area contributed by atoms with Gasteiger partial charge in [-0.2, -0.15) is 13.2 Å². The van der Waals surface area contributed by atoms with Crippen molar-refractivity contribution in [2.75, 3.05) is 5.32 Å². The zero-order valence-electron chi connectivity index (χ0n) is 12.7. The zero-order chi connectivity index (χ0) is 18.0. The molecule has 0 saturated carbocycles. The average Bonchev–Trinajstić information content (AvgIpc) is 2.57. The van der Waals surface area contributed by atoms with E-state index >= 15 is 0 Å². The summed E-state index contributed by atoms with van der Waals surface area (Å²) in [6, 6.07) is 11.1. The SMILES string of the molecule is O=C(Cn1c(=O)cnc2ccccc21)Nc1cccc(C(F)(F)F)c1. The van der Waals surface area contributed by atoms with Gasteiger partial charge in [-0.3, -0.25) is 14.2 Å². The molecule has 3 aromatic rings. The van der Waals surface area contributed by atoms with E-state index in [1.165, 1.54) is 16.7 Å². The number of amides is 1. The van der Waals surface area contributed by atoms with Gasteiger partial charge in [-0.25, -0.2) is 4.98 Å². The zero-order valence-corrected chi connectivity index (χ0v) is 12.7. The molecule has 0 saturated heterocycles. The van der Waals surface area contributed by atoms with Gasteiger partial charge >= 0.3 is 6.18 Å². The van der Waals surface area contributed by atoms with Crippen molar-refractivity contribution < 1.29 is 18.0 Å². The minimum Gasteiger partial charge on any atom is -0.325 e. The van der Waals surface area contributed by atoms with Crippen molar-refractivity contribution in [3.05, 3.63) is 70.6 Å². The van der Waals surface area contributed by atoms with Gasteiger partial charge in [0.2, 0.25) is 5.91 Å². The molecular formula is C17H12F3N3O2. The predicted octanol–water partition coefficient (Wildman–Crippen LogP) is 3.05. The van der Waals surface area contributed by atoms with Crippen LogP contribution in [0.3, 0.4) is 0 Å². The van der Waals surface area contributed by atoms with Gasteiger partial charge in [-0.05, 0) is 30.3 Å². The van der Waals surface area contributed by atoms with Crippen LogP contribution in [0.4, 0.5) is 18.9 Å². The Morgan fingerprint density at radius 2 is 1.88 bits per heavy atom. The Bertz CT molecular complexity index is 996. The van der Waals surface area contributed by atoms with Crippen LogP contribution in [0.15, 0.2) is 59.5 Å². The Morgan fingerprint density at radius 3 is 2.64 bits per heavy atom. The number of aromatic nitrogens is 2. The van der Waals surface area contributed by atoms with E-state index in [0.29, 0.717) is 11.0 Å². The lowest BCUT2D eigenvalue weighted by molar-refractivity contribution is -0.137. The van der Waals surface area contributed by atoms with Gasteiger partial charge in [0.25, 0.3) is 5.56 Å². The maximum absolute atomic E-state index is 12.7. The van der Waals surface area contributed by atoms with Crippen LogP contribution in [0, 0.1) is 0 Å². The second kappa shape index (κ2) is 6.39. The summed E-state index contributed by atoms with van der Waals surface area (Å²) >= 11 is 0. The van der Waals surface area contributed by atoms with Gasteiger partial charge in [-0.1, -0.05) is 18.2 Å². The van der Waals surface area contributed by atoms with Gasteiger partial charge in [-0.15, -0.1) is 0 Å². The minimum absolute atomic E-state index is 0.00577. The van der Waals surface area contributed by atoms with Gasteiger partial charge in [0.1, 0.15) is 6.54 Å². The molecule has 0 aliphatic rings. The van der Waals surface area contributed by atoms with Crippen molar-refractivity contribution in [3.63, 3.8) is 0 Å². The van der Waals surface area contributed by atoms with Gasteiger partial charge < -0.3 is 5.32 Å². The molecule has 0 bridgehead atoms. The maximum atomic E-state index is 12.7. The Kier molecular flexibility index (Phi) is 4.26. The largest absolute Gasteiger partial charge is 0.416 e. The quantitative estimate of drug-likeness (QED) is 0.792. The summed E-state index contributed by atoms with van der Waals surface area (Å²) in [6.45, 7) is -0.335. The van der Waals surface area contributed by atoms with Crippen LogP contribution in [0.2, 0.25) is 0 Å². The molecule has 0 aliphatic heterocycles. The first-order valence-corrected chi connectivity index (χ1v) is 7.26. The molecule has 128 valence electrons. The third-order valence-corrected chi connectivity index (χ3v) is 3.53. The summed E-state index contributed by atoms with van der Waals surface area (Å²) in [5, 5.41) is 2.38. The van der Waals surface area contributed by atoms with E-state index in [1.807, 2.05) is 0 Å². The minimum atomic E-state index is -4.50. The third kappa shape index (κ3) is 3.68. The first-order valence-electron chi connectivity index (χ1n) is 7.26. The molecule has 3 rings (SSSR count). The van der Waals surface area contributed by atoms with Crippen LogP contribution in [0.1, 0.15) is 5.56 Å². The standard InChI is InChI=1S/C17H12F3N3O2/c18-17(19,20)11-4-3-5-12(8-11)22-15(24)10-23-14-7-2-1-6-13(14)21-9-16(23)25/h1-9H,10H2,(H,22,24). The van der Waals surface area contributed by atoms with E-state index in [1.54, 1.807) is 24.3 Å². The van der Waals surface area contributed by atoms with E-state index in [-0.39, 0.29) is 12.2 Å². The molecule has 1 N–H and O–H groups in total. The molecule has 0 aliphatic carbocycles. The van der Waals surface area contributed by atoms with E-state index in [4.69, 9.17) is 0 Å². The maximum Gasteiger partial charge on any atom is 0.416 e. The molecule has 0 atom stereocenters. The van der Waals surface area contributed by atoms with Crippen molar-refractivity contribution >= 4 is 22.6 Å². The van der Waals surface area contributed by atoms with Gasteiger partial charge in [0.05, 0.1) is 22.8 Å². The number of benzene rings is 2. The molecular weight excluding hydrogens is 335 g/mol. The number of carbonyl (C=O) groups is 1. The number of nitrogens with zero attached hydrogens (tertiary/aromatic N) is 2. The van der Waals surface area contributed by atoms with Crippen LogP contribution < -0.4 is 10.9 Å². The van der Waals surface area contributed by atoms with E-state index in [9.17, 15) is 22.8 Å². The van der Waals surface area contributed by atoms with Gasteiger partial charge in [0.15, 0.2) is 0 Å². The van der Waals surface area contributed by atoms with Crippen LogP contribution in [-0.4, -0.2) is 15.5 Å². The Labute approximate surface area is 139 Å². The number of rotatable bonds is 3. The topological polar surface area (TPSA) is 64.0 Å². The highest BCUT2D eigenvalue weighted by molar-refractivity contribution is 5.91. The molecule has 0 radical (unpaired) electrons. The number of alkyl halides is 3. The van der Waals surface area contributed by atoms with Crippen molar-refractivity contribution in [2.24, 2.45) is 0 Å². The molecule has 1 aromatic heterocycles. The molecule has 0 fully saturated rings. The first-order chi connectivity index (χ1) is 11.8. The van der Waals surface area contributed by atoms with Crippen molar-refractivity contribution in [1.29, 1.82) is 0 Å². The van der Waals surface area contributed by atoms with Gasteiger partial charge in [0, 0.05) is 5.69 Å². The number of nitrogens with one attached hydrogen (secondary N) is 1. The van der Waals surface area contributed by atoms with Crippen LogP contribution in [0.5, 0.6) is 0 Å². The normalized spacial score (nSPS) is 11.5. The summed E-state index contributed by atoms with van der Waals surface area (Å²) in [4.78, 5) is 28.1. The van der Waals surface area contributed by atoms with Crippen molar-refractivity contribution in [1.82, 2.24) is 9.55 Å². The second-order valence-electron chi connectivity index (χ2n) is 5.30. The average molecular weight is 347 g/mol. The van der Waals surface area contributed by atoms with Crippen LogP contribution >= 0.6 is 0 Å². The number of anilines is 1. The van der Waals surface area contributed by atoms with Crippen LogP contribution in [-0.2, 0) is 17.5 Å². The predicted molar refractivity (Wildman–Crippen MR) is 86.1 cm³/mol. The van der Waals surface area contributed by atoms with E-state index in [2.05, 4.69) is 10.3 Å². The lowest BCUT2D eigenvalue weighted by atomic mass is 10.2. The molecule has 1 amide bonds. The fourth-order valence-electron chi connectivity index (χ4n) is 2.40. The Hall–Kier alpha value is -3.16. The lowest BCUT2D eigenvalue weighted by Gasteiger charge is -2.11. The molecule has 0 spiro atoms. The third-order valence-electron chi connectivity index (χ3n) is 3.53. The summed E-state index contributed by atoms with van der Waals surface area (Å²) in [7, 11) is 0. The summed E-state index contributed by atoms with van der Waals surface area (Å²) < 4.78 is 39.4. The lowest BCUT2D eigenvalue weighted by Crippen LogP contribution is -2.28. The number of hydrogen-bond donors (Lipinski definition) is 1. The number of carbonyl (C=O) groups excluding carboxylic acids is 1. The number of hydrogen-bond acceptors (Lipinski definition) is 3. The Balaban J connectivity index is 1.85. The number of halogens is 3. The summed E-state index contributed by atoms with van der Waals surface area (Å²) in [5.74, 6) is -0.613. The van der Waals surface area contributed by atoms with E-state index in [0.717, 1.165) is 18.3 Å². The smallest absolute Gasteiger partial charge is 0.325 e. The van der Waals surface area contributed by atoms with E-state index < -0.39 is 23.2 Å². The second-order valence-corrected chi connectivity index (χ2v) is 5.30. The highest BCUT2D eigenvalue weighted by atomic mass is 19.4. The number of para-hydroxylation sites is 2. The Morgan fingerprint density at radius 1 is 1.12 bits per heavy atom. The fourth-order valence-corrected chi connectivity index (χ4v) is 2.40. The highest BCUT2D eigenvalue weighted by Gasteiger charge is 2.30. The van der Waals surface area contributed by atoms with Crippen molar-refractivity contribution in [2.45, 2.75) is 12.7 Å². The van der Waals surface area contributed by atoms with Crippen molar-refractivity contribution in [3.8, 4) is 0 Å². The molecule has 0 unspecified atom stereocenters. The molecule has 5 nitrogen and oxygen atoms in total. The fraction of sp³-hybridized carbons (Fsp3) is 0.118. The monoisotopic (exact) mass is 347 g/mol. The molecule has 2 aromatic carbocycles. The first kappa shape index (κ1) is 16.7. The molecule has 8 heteroatoms. The number of fused-ring (bicyclic) bond motifs is 1. The molecule has 25 heavy (non-hydrogen) atoms. The summed E-state index contributed by atoms with van der Waals surface area (Å²) in [6.07, 6.45) is -3.40. The highest BCUT2D eigenvalue weighted by Crippen LogP contribution is 2.30. The summed E-state index contributed by atoms with van der Waals surface area (Å²) in [5.41, 5.74) is -0.330. The van der Waals surface area contributed by atoms with Crippen LogP contribution in [0.25, 0.3) is 11.0 Å².